The van der Waals surface area contributed by atoms with Crippen LogP contribution in [0.3, 0.4) is 0 Å². The van der Waals surface area contributed by atoms with Gasteiger partial charge in [-0.2, -0.15) is 8.78 Å². The van der Waals surface area contributed by atoms with Crippen molar-refractivity contribution >= 4 is 0 Å². The minimum atomic E-state index is -1.41. The fourth-order valence-electron chi connectivity index (χ4n) is 5.18. The Morgan fingerprint density at radius 2 is 1.18 bits per heavy atom. The number of benzene rings is 1. The second kappa shape index (κ2) is 4.62. The van der Waals surface area contributed by atoms with Crippen LogP contribution >= 0.6 is 0 Å². The standard InChI is InChI=1S/C17H18F4O/c1-8-12(18)14(20)16(15(21)13(8)19)22-17-5-9-2-10(6-17)4-11(3-9)7-17/h9-11H,2-7H2,1H3. The summed E-state index contributed by atoms with van der Waals surface area (Å²) in [5, 5.41) is 0. The maximum Gasteiger partial charge on any atom is 0.204 e. The summed E-state index contributed by atoms with van der Waals surface area (Å²) in [4.78, 5) is 0. The summed E-state index contributed by atoms with van der Waals surface area (Å²) in [5.74, 6) is -4.88. The molecule has 22 heavy (non-hydrogen) atoms. The van der Waals surface area contributed by atoms with Crippen LogP contribution in [0.25, 0.3) is 0 Å². The fourth-order valence-corrected chi connectivity index (χ4v) is 5.18. The molecule has 1 aromatic carbocycles. The van der Waals surface area contributed by atoms with Gasteiger partial charge in [0.25, 0.3) is 0 Å². The predicted molar refractivity (Wildman–Crippen MR) is 72.5 cm³/mol. The molecule has 1 aromatic rings. The van der Waals surface area contributed by atoms with Crippen molar-refractivity contribution in [3.8, 4) is 5.75 Å². The first kappa shape index (κ1) is 14.3. The van der Waals surface area contributed by atoms with Crippen molar-refractivity contribution in [2.24, 2.45) is 17.8 Å². The van der Waals surface area contributed by atoms with Crippen LogP contribution in [0.4, 0.5) is 17.6 Å². The van der Waals surface area contributed by atoms with Gasteiger partial charge in [0.15, 0.2) is 17.4 Å². The van der Waals surface area contributed by atoms with Crippen molar-refractivity contribution in [2.45, 2.75) is 51.0 Å². The van der Waals surface area contributed by atoms with Crippen LogP contribution in [0.5, 0.6) is 5.75 Å². The average Bonchev–Trinajstić information content (AvgIpc) is 2.46. The van der Waals surface area contributed by atoms with Crippen LogP contribution < -0.4 is 4.74 Å². The summed E-state index contributed by atoms with van der Waals surface area (Å²) in [7, 11) is 0. The van der Waals surface area contributed by atoms with Gasteiger partial charge in [0.1, 0.15) is 5.60 Å². The lowest BCUT2D eigenvalue weighted by Gasteiger charge is -2.56. The molecular weight excluding hydrogens is 296 g/mol. The molecule has 120 valence electrons. The molecule has 4 aliphatic carbocycles. The second-order valence-corrected chi connectivity index (χ2v) is 7.41. The van der Waals surface area contributed by atoms with Crippen LogP contribution in [0, 0.1) is 47.9 Å². The minimum absolute atomic E-state index is 0.512. The zero-order valence-corrected chi connectivity index (χ0v) is 12.4. The Bertz CT molecular complexity index is 576. The molecule has 0 radical (unpaired) electrons. The van der Waals surface area contributed by atoms with Crippen molar-refractivity contribution in [2.75, 3.05) is 0 Å². The lowest BCUT2D eigenvalue weighted by Crippen LogP contribution is -2.54. The van der Waals surface area contributed by atoms with Crippen molar-refractivity contribution in [3.63, 3.8) is 0 Å². The molecule has 5 rings (SSSR count). The molecule has 4 aliphatic rings. The molecule has 4 fully saturated rings. The van der Waals surface area contributed by atoms with E-state index in [1.54, 1.807) is 0 Å². The van der Waals surface area contributed by atoms with E-state index in [-0.39, 0.29) is 0 Å². The Kier molecular flexibility index (Phi) is 3.01. The third kappa shape index (κ3) is 1.97. The second-order valence-electron chi connectivity index (χ2n) is 7.41. The minimum Gasteiger partial charge on any atom is -0.481 e. The summed E-state index contributed by atoms with van der Waals surface area (Å²) in [5.41, 5.74) is -1.29. The van der Waals surface area contributed by atoms with E-state index in [1.807, 2.05) is 0 Å². The summed E-state index contributed by atoms with van der Waals surface area (Å²) in [6.45, 7) is 1.02. The Balaban J connectivity index is 1.73. The predicted octanol–water partition coefficient (Wildman–Crippen LogP) is 4.90. The highest BCUT2D eigenvalue weighted by Crippen LogP contribution is 2.57. The summed E-state index contributed by atoms with van der Waals surface area (Å²) in [6.07, 6.45) is 5.62. The highest BCUT2D eigenvalue weighted by atomic mass is 19.2. The molecule has 0 spiro atoms. The zero-order chi connectivity index (χ0) is 15.6. The largest absolute Gasteiger partial charge is 0.481 e. The number of hydrogen-bond donors (Lipinski definition) is 0. The Morgan fingerprint density at radius 3 is 1.59 bits per heavy atom. The Hall–Kier alpha value is -1.26. The number of rotatable bonds is 2. The van der Waals surface area contributed by atoms with E-state index in [9.17, 15) is 17.6 Å². The highest BCUT2D eigenvalue weighted by molar-refractivity contribution is 5.34. The normalized spacial score (nSPS) is 36.0. The van der Waals surface area contributed by atoms with E-state index in [0.717, 1.165) is 45.4 Å². The molecule has 0 aromatic heterocycles. The lowest BCUT2D eigenvalue weighted by atomic mass is 9.54. The summed E-state index contributed by atoms with van der Waals surface area (Å²) < 4.78 is 61.3. The third-order valence-electron chi connectivity index (χ3n) is 5.74. The van der Waals surface area contributed by atoms with Crippen LogP contribution in [0.2, 0.25) is 0 Å². The maximum atomic E-state index is 14.1. The molecule has 1 nitrogen and oxygen atoms in total. The molecular formula is C17H18F4O. The van der Waals surface area contributed by atoms with Crippen LogP contribution in [-0.4, -0.2) is 5.60 Å². The number of ether oxygens (including phenoxy) is 1. The topological polar surface area (TPSA) is 9.23 Å². The molecule has 5 heteroatoms. The monoisotopic (exact) mass is 314 g/mol. The average molecular weight is 314 g/mol. The van der Waals surface area contributed by atoms with Crippen molar-refractivity contribution < 1.29 is 22.3 Å². The van der Waals surface area contributed by atoms with Gasteiger partial charge in [-0.15, -0.1) is 0 Å². The molecule has 0 heterocycles. The van der Waals surface area contributed by atoms with E-state index in [4.69, 9.17) is 4.74 Å². The molecule has 0 atom stereocenters. The zero-order valence-electron chi connectivity index (χ0n) is 12.4. The van der Waals surface area contributed by atoms with Gasteiger partial charge in [0.05, 0.1) is 0 Å². The lowest BCUT2D eigenvalue weighted by molar-refractivity contribution is -0.110. The Morgan fingerprint density at radius 1 is 0.773 bits per heavy atom. The smallest absolute Gasteiger partial charge is 0.204 e. The van der Waals surface area contributed by atoms with Gasteiger partial charge < -0.3 is 4.74 Å². The van der Waals surface area contributed by atoms with Gasteiger partial charge in [0.2, 0.25) is 11.6 Å². The molecule has 0 amide bonds. The molecule has 4 saturated carbocycles. The van der Waals surface area contributed by atoms with E-state index in [1.165, 1.54) is 0 Å². The van der Waals surface area contributed by atoms with Crippen LogP contribution in [0.15, 0.2) is 0 Å². The van der Waals surface area contributed by atoms with Gasteiger partial charge >= 0.3 is 0 Å². The van der Waals surface area contributed by atoms with Gasteiger partial charge in [-0.05, 0) is 63.2 Å². The molecule has 0 N–H and O–H groups in total. The van der Waals surface area contributed by atoms with Gasteiger partial charge in [-0.3, -0.25) is 0 Å². The van der Waals surface area contributed by atoms with Crippen molar-refractivity contribution in [3.05, 3.63) is 28.8 Å². The van der Waals surface area contributed by atoms with Crippen molar-refractivity contribution in [1.82, 2.24) is 0 Å². The highest BCUT2D eigenvalue weighted by Gasteiger charge is 2.53. The summed E-state index contributed by atoms with van der Waals surface area (Å²) in [6, 6.07) is 0. The Labute approximate surface area is 126 Å². The first-order chi connectivity index (χ1) is 10.4. The van der Waals surface area contributed by atoms with Crippen LogP contribution in [0.1, 0.15) is 44.1 Å². The SMILES string of the molecule is Cc1c(F)c(F)c(OC23CC4CC(CC(C4)C2)C3)c(F)c1F. The van der Waals surface area contributed by atoms with E-state index in [2.05, 4.69) is 0 Å². The maximum absolute atomic E-state index is 14.1. The quantitative estimate of drug-likeness (QED) is 0.557. The molecule has 0 saturated heterocycles. The van der Waals surface area contributed by atoms with E-state index < -0.39 is 40.2 Å². The van der Waals surface area contributed by atoms with E-state index in [0.29, 0.717) is 17.8 Å². The van der Waals surface area contributed by atoms with Gasteiger partial charge in [-0.1, -0.05) is 0 Å². The van der Waals surface area contributed by atoms with Gasteiger partial charge in [-0.25, -0.2) is 8.78 Å². The van der Waals surface area contributed by atoms with Gasteiger partial charge in [0, 0.05) is 5.56 Å². The first-order valence-corrected chi connectivity index (χ1v) is 7.90. The van der Waals surface area contributed by atoms with E-state index >= 15 is 0 Å². The molecule has 0 aliphatic heterocycles. The fraction of sp³-hybridized carbons (Fsp3) is 0.647. The first-order valence-electron chi connectivity index (χ1n) is 7.90. The third-order valence-corrected chi connectivity index (χ3v) is 5.74. The summed E-state index contributed by atoms with van der Waals surface area (Å²) >= 11 is 0. The van der Waals surface area contributed by atoms with Crippen LogP contribution in [-0.2, 0) is 0 Å². The van der Waals surface area contributed by atoms with Crippen molar-refractivity contribution in [1.29, 1.82) is 0 Å². The molecule has 4 bridgehead atoms. The number of hydrogen-bond acceptors (Lipinski definition) is 1. The molecule has 0 unspecified atom stereocenters. The number of halogens is 4.